The molecule has 28 heavy (non-hydrogen) atoms. The van der Waals surface area contributed by atoms with Crippen LogP contribution in [-0.2, 0) is 16.0 Å². The average molecular weight is 378 g/mol. The lowest BCUT2D eigenvalue weighted by Gasteiger charge is -2.32. The third-order valence-corrected chi connectivity index (χ3v) is 5.27. The monoisotopic (exact) mass is 378 g/mol. The van der Waals surface area contributed by atoms with E-state index in [-0.39, 0.29) is 37.2 Å². The van der Waals surface area contributed by atoms with Gasteiger partial charge in [0.1, 0.15) is 5.75 Å². The van der Waals surface area contributed by atoms with Gasteiger partial charge in [-0.2, -0.15) is 0 Å². The van der Waals surface area contributed by atoms with Gasteiger partial charge in [0.25, 0.3) is 5.91 Å². The number of carbonyl (C=O) groups excluding carboxylic acids is 3. The highest BCUT2D eigenvalue weighted by atomic mass is 16.5. The number of ketones is 1. The van der Waals surface area contributed by atoms with Crippen LogP contribution in [0, 0.1) is 0 Å². The molecule has 2 aliphatic rings. The van der Waals surface area contributed by atoms with Gasteiger partial charge in [0.2, 0.25) is 5.91 Å². The Morgan fingerprint density at radius 1 is 1.11 bits per heavy atom. The van der Waals surface area contributed by atoms with E-state index in [1.165, 1.54) is 12.5 Å². The Morgan fingerprint density at radius 2 is 1.93 bits per heavy atom. The third-order valence-electron chi connectivity index (χ3n) is 5.27. The summed E-state index contributed by atoms with van der Waals surface area (Å²) in [5.74, 6) is 0.262. The fourth-order valence-electron chi connectivity index (χ4n) is 3.80. The molecule has 0 saturated carbocycles. The van der Waals surface area contributed by atoms with Crippen molar-refractivity contribution in [2.24, 2.45) is 0 Å². The molecule has 2 aromatic carbocycles. The van der Waals surface area contributed by atoms with Crippen LogP contribution in [0.4, 0.5) is 11.4 Å². The maximum Gasteiger partial charge on any atom is 0.265 e. The number of anilines is 2. The van der Waals surface area contributed by atoms with Crippen molar-refractivity contribution in [3.63, 3.8) is 0 Å². The van der Waals surface area contributed by atoms with E-state index in [2.05, 4.69) is 6.07 Å². The molecule has 0 unspecified atom stereocenters. The van der Waals surface area contributed by atoms with E-state index in [0.29, 0.717) is 23.5 Å². The number of hydrogen-bond donors (Lipinski definition) is 0. The second-order valence-electron chi connectivity index (χ2n) is 7.10. The first kappa shape index (κ1) is 18.2. The van der Waals surface area contributed by atoms with Gasteiger partial charge in [0.15, 0.2) is 12.4 Å². The van der Waals surface area contributed by atoms with Gasteiger partial charge in [-0.05, 0) is 49.6 Å². The van der Waals surface area contributed by atoms with Crippen molar-refractivity contribution < 1.29 is 19.1 Å². The van der Waals surface area contributed by atoms with Crippen molar-refractivity contribution in [3.05, 3.63) is 53.6 Å². The number of amides is 2. The smallest absolute Gasteiger partial charge is 0.265 e. The summed E-state index contributed by atoms with van der Waals surface area (Å²) in [4.78, 5) is 40.4. The molecule has 2 aromatic rings. The quantitative estimate of drug-likeness (QED) is 0.767. The van der Waals surface area contributed by atoms with Crippen molar-refractivity contribution in [1.29, 1.82) is 0 Å². The summed E-state index contributed by atoms with van der Waals surface area (Å²) in [6.45, 7) is 2.37. The first-order valence-electron chi connectivity index (χ1n) is 9.51. The Balaban J connectivity index is 1.53. The number of fused-ring (bicyclic) bond motifs is 2. The number of carbonyl (C=O) groups is 3. The van der Waals surface area contributed by atoms with E-state index in [4.69, 9.17) is 4.74 Å². The highest BCUT2D eigenvalue weighted by Gasteiger charge is 2.28. The van der Waals surface area contributed by atoms with Crippen LogP contribution in [0.5, 0.6) is 5.75 Å². The van der Waals surface area contributed by atoms with E-state index in [1.54, 1.807) is 23.1 Å². The fraction of sp³-hybridized carbons (Fsp3) is 0.318. The predicted octanol–water partition coefficient (Wildman–Crippen LogP) is 2.98. The van der Waals surface area contributed by atoms with Crippen LogP contribution < -0.4 is 14.5 Å². The Bertz CT molecular complexity index is 953. The van der Waals surface area contributed by atoms with E-state index in [1.807, 2.05) is 23.1 Å². The summed E-state index contributed by atoms with van der Waals surface area (Å²) >= 11 is 0. The molecule has 0 fully saturated rings. The minimum absolute atomic E-state index is 0.00397. The lowest BCUT2D eigenvalue weighted by Crippen LogP contribution is -2.42. The van der Waals surface area contributed by atoms with Gasteiger partial charge >= 0.3 is 0 Å². The molecule has 0 aromatic heterocycles. The van der Waals surface area contributed by atoms with Crippen molar-refractivity contribution in [2.45, 2.75) is 26.2 Å². The zero-order valence-electron chi connectivity index (χ0n) is 15.8. The number of rotatable bonds is 4. The first-order valence-corrected chi connectivity index (χ1v) is 9.51. The fourth-order valence-corrected chi connectivity index (χ4v) is 3.80. The minimum Gasteiger partial charge on any atom is -0.482 e. The Morgan fingerprint density at radius 3 is 2.75 bits per heavy atom. The van der Waals surface area contributed by atoms with Gasteiger partial charge in [0.05, 0.1) is 5.69 Å². The number of aryl methyl sites for hydroxylation is 1. The summed E-state index contributed by atoms with van der Waals surface area (Å²) in [6.07, 6.45) is 2.12. The molecule has 0 radical (unpaired) electrons. The molecular formula is C22H22N2O4. The summed E-state index contributed by atoms with van der Waals surface area (Å²) < 4.78 is 5.47. The molecule has 6 nitrogen and oxygen atoms in total. The summed E-state index contributed by atoms with van der Waals surface area (Å²) in [7, 11) is 0. The molecule has 0 N–H and O–H groups in total. The maximum absolute atomic E-state index is 12.9. The van der Waals surface area contributed by atoms with E-state index >= 15 is 0 Å². The van der Waals surface area contributed by atoms with Crippen molar-refractivity contribution in [3.8, 4) is 5.75 Å². The summed E-state index contributed by atoms with van der Waals surface area (Å²) in [6, 6.07) is 13.0. The normalized spacial score (nSPS) is 15.5. The molecule has 2 heterocycles. The SMILES string of the molecule is CC(=O)c1ccc2c(c1)N(CCC(=O)N1CCCc3ccccc31)C(=O)CO2. The molecule has 144 valence electrons. The second kappa shape index (κ2) is 7.46. The topological polar surface area (TPSA) is 66.9 Å². The van der Waals surface area contributed by atoms with Gasteiger partial charge in [-0.3, -0.25) is 14.4 Å². The maximum atomic E-state index is 12.9. The molecule has 6 heteroatoms. The second-order valence-corrected chi connectivity index (χ2v) is 7.10. The van der Waals surface area contributed by atoms with E-state index in [0.717, 1.165) is 18.5 Å². The van der Waals surface area contributed by atoms with Crippen LogP contribution in [0.3, 0.4) is 0 Å². The van der Waals surface area contributed by atoms with Gasteiger partial charge in [0, 0.05) is 30.8 Å². The first-order chi connectivity index (χ1) is 13.5. The number of benzene rings is 2. The molecule has 0 saturated heterocycles. The lowest BCUT2D eigenvalue weighted by molar-refractivity contribution is -0.121. The van der Waals surface area contributed by atoms with Gasteiger partial charge in [-0.15, -0.1) is 0 Å². The van der Waals surface area contributed by atoms with E-state index < -0.39 is 0 Å². The number of ether oxygens (including phenoxy) is 1. The molecule has 0 spiro atoms. The van der Waals surface area contributed by atoms with Crippen LogP contribution in [-0.4, -0.2) is 37.3 Å². The largest absolute Gasteiger partial charge is 0.482 e. The van der Waals surface area contributed by atoms with Gasteiger partial charge in [-0.1, -0.05) is 18.2 Å². The summed E-state index contributed by atoms with van der Waals surface area (Å²) in [5, 5.41) is 0. The molecule has 2 amide bonds. The van der Waals surface area contributed by atoms with Crippen LogP contribution in [0.15, 0.2) is 42.5 Å². The highest BCUT2D eigenvalue weighted by Crippen LogP contribution is 2.33. The summed E-state index contributed by atoms with van der Waals surface area (Å²) in [5.41, 5.74) is 3.21. The molecule has 0 aliphatic carbocycles. The van der Waals surface area contributed by atoms with Crippen LogP contribution in [0.25, 0.3) is 0 Å². The predicted molar refractivity (Wildman–Crippen MR) is 106 cm³/mol. The molecule has 4 rings (SSSR count). The molecule has 2 aliphatic heterocycles. The highest BCUT2D eigenvalue weighted by molar-refractivity contribution is 6.02. The zero-order valence-corrected chi connectivity index (χ0v) is 15.8. The average Bonchev–Trinajstić information content (AvgIpc) is 2.72. The molecular weight excluding hydrogens is 356 g/mol. The van der Waals surface area contributed by atoms with Crippen LogP contribution in [0.1, 0.15) is 35.7 Å². The Labute approximate surface area is 163 Å². The number of para-hydroxylation sites is 1. The Kier molecular flexibility index (Phi) is 4.86. The minimum atomic E-state index is -0.208. The van der Waals surface area contributed by atoms with E-state index in [9.17, 15) is 14.4 Å². The number of hydrogen-bond acceptors (Lipinski definition) is 4. The van der Waals surface area contributed by atoms with Crippen LogP contribution in [0.2, 0.25) is 0 Å². The van der Waals surface area contributed by atoms with Gasteiger partial charge < -0.3 is 14.5 Å². The van der Waals surface area contributed by atoms with Crippen molar-refractivity contribution in [1.82, 2.24) is 0 Å². The van der Waals surface area contributed by atoms with Crippen LogP contribution >= 0.6 is 0 Å². The lowest BCUT2D eigenvalue weighted by atomic mass is 10.0. The molecule has 0 atom stereocenters. The van der Waals surface area contributed by atoms with Gasteiger partial charge in [-0.25, -0.2) is 0 Å². The molecule has 0 bridgehead atoms. The zero-order chi connectivity index (χ0) is 19.7. The standard InChI is InChI=1S/C22H22N2O4/c1-15(25)17-8-9-20-19(13-17)24(22(27)14-28-20)12-10-21(26)23-11-4-6-16-5-2-3-7-18(16)23/h2-3,5,7-9,13H,4,6,10-12,14H2,1H3. The van der Waals surface area contributed by atoms with Crippen molar-refractivity contribution >= 4 is 29.0 Å². The van der Waals surface area contributed by atoms with Crippen molar-refractivity contribution in [2.75, 3.05) is 29.5 Å². The number of Topliss-reactive ketones (excluding diaryl/α,β-unsaturated/α-hetero) is 1. The Hall–Kier alpha value is -3.15. The number of nitrogens with zero attached hydrogens (tertiary/aromatic N) is 2. The third kappa shape index (κ3) is 3.38.